The minimum atomic E-state index is -0.00144. The molecule has 0 saturated heterocycles. The van der Waals surface area contributed by atoms with Gasteiger partial charge >= 0.3 is 0 Å². The van der Waals surface area contributed by atoms with E-state index in [1.807, 2.05) is 32.9 Å². The van der Waals surface area contributed by atoms with Crippen molar-refractivity contribution in [2.75, 3.05) is 18.5 Å². The second-order valence-corrected chi connectivity index (χ2v) is 3.87. The van der Waals surface area contributed by atoms with E-state index in [0.29, 0.717) is 19.6 Å². The normalized spacial score (nSPS) is 10.2. The summed E-state index contributed by atoms with van der Waals surface area (Å²) in [5.74, 6) is -0.00144. The Bertz CT molecular complexity index is 341. The maximum absolute atomic E-state index is 11.5. The highest BCUT2D eigenvalue weighted by atomic mass is 16.5. The van der Waals surface area contributed by atoms with E-state index in [0.717, 1.165) is 16.8 Å². The summed E-state index contributed by atoms with van der Waals surface area (Å²) in [6, 6.07) is 6.01. The molecule has 16 heavy (non-hydrogen) atoms. The molecule has 1 N–H and O–H groups in total. The molecule has 0 aliphatic carbocycles. The number of ether oxygens (including phenoxy) is 1. The highest BCUT2D eigenvalue weighted by Crippen LogP contribution is 2.13. The van der Waals surface area contributed by atoms with Crippen molar-refractivity contribution in [3.05, 3.63) is 29.3 Å². The summed E-state index contributed by atoms with van der Waals surface area (Å²) < 4.78 is 5.13. The minimum Gasteiger partial charge on any atom is -0.381 e. The molecule has 0 aliphatic heterocycles. The maximum atomic E-state index is 11.5. The van der Waals surface area contributed by atoms with Crippen LogP contribution in [0.3, 0.4) is 0 Å². The van der Waals surface area contributed by atoms with Crippen LogP contribution in [0.4, 0.5) is 5.69 Å². The van der Waals surface area contributed by atoms with Gasteiger partial charge in [0, 0.05) is 12.3 Å². The summed E-state index contributed by atoms with van der Waals surface area (Å²) in [5.41, 5.74) is 3.17. The Labute approximate surface area is 96.8 Å². The Morgan fingerprint density at radius 1 is 1.25 bits per heavy atom. The molecule has 0 saturated carbocycles. The van der Waals surface area contributed by atoms with Crippen molar-refractivity contribution >= 4 is 11.6 Å². The van der Waals surface area contributed by atoms with Crippen molar-refractivity contribution in [1.29, 1.82) is 0 Å². The van der Waals surface area contributed by atoms with E-state index >= 15 is 0 Å². The van der Waals surface area contributed by atoms with Gasteiger partial charge in [-0.2, -0.15) is 0 Å². The van der Waals surface area contributed by atoms with Crippen molar-refractivity contribution in [3.8, 4) is 0 Å². The van der Waals surface area contributed by atoms with E-state index in [9.17, 15) is 4.79 Å². The fourth-order valence-corrected chi connectivity index (χ4v) is 1.58. The Morgan fingerprint density at radius 2 is 1.88 bits per heavy atom. The molecule has 1 aromatic carbocycles. The lowest BCUT2D eigenvalue weighted by Gasteiger charge is -2.07. The molecule has 0 atom stereocenters. The topological polar surface area (TPSA) is 38.3 Å². The molecule has 1 aromatic rings. The van der Waals surface area contributed by atoms with Crippen LogP contribution in [0.2, 0.25) is 0 Å². The summed E-state index contributed by atoms with van der Waals surface area (Å²) in [4.78, 5) is 11.5. The average Bonchev–Trinajstić information content (AvgIpc) is 2.16. The monoisotopic (exact) mass is 221 g/mol. The number of benzene rings is 1. The standard InChI is InChI=1S/C13H19NO2/c1-4-16-6-5-13(15)14-12-8-10(2)7-11(3)9-12/h7-9H,4-6H2,1-3H3,(H,14,15). The van der Waals surface area contributed by atoms with Crippen LogP contribution in [-0.4, -0.2) is 19.1 Å². The van der Waals surface area contributed by atoms with Gasteiger partial charge in [0.15, 0.2) is 0 Å². The third kappa shape index (κ3) is 4.45. The first-order valence-corrected chi connectivity index (χ1v) is 5.57. The lowest BCUT2D eigenvalue weighted by Crippen LogP contribution is -2.14. The van der Waals surface area contributed by atoms with E-state index < -0.39 is 0 Å². The predicted molar refractivity (Wildman–Crippen MR) is 65.7 cm³/mol. The Hall–Kier alpha value is -1.35. The quantitative estimate of drug-likeness (QED) is 0.776. The highest BCUT2D eigenvalue weighted by molar-refractivity contribution is 5.90. The molecule has 88 valence electrons. The number of amides is 1. The Morgan fingerprint density at radius 3 is 2.44 bits per heavy atom. The summed E-state index contributed by atoms with van der Waals surface area (Å²) in [7, 11) is 0. The number of carbonyl (C=O) groups excluding carboxylic acids is 1. The largest absolute Gasteiger partial charge is 0.381 e. The number of carbonyl (C=O) groups is 1. The smallest absolute Gasteiger partial charge is 0.226 e. The third-order valence-corrected chi connectivity index (χ3v) is 2.18. The molecule has 0 spiro atoms. The second-order valence-electron chi connectivity index (χ2n) is 3.87. The van der Waals surface area contributed by atoms with Gasteiger partial charge in [0.1, 0.15) is 0 Å². The van der Waals surface area contributed by atoms with Crippen molar-refractivity contribution in [1.82, 2.24) is 0 Å². The summed E-state index contributed by atoms with van der Waals surface area (Å²) in [6.07, 6.45) is 0.404. The molecule has 3 nitrogen and oxygen atoms in total. The predicted octanol–water partition coefficient (Wildman–Crippen LogP) is 2.67. The van der Waals surface area contributed by atoms with Gasteiger partial charge in [-0.1, -0.05) is 6.07 Å². The van der Waals surface area contributed by atoms with Gasteiger partial charge in [0.05, 0.1) is 13.0 Å². The van der Waals surface area contributed by atoms with Crippen LogP contribution in [0, 0.1) is 13.8 Å². The molecule has 0 aromatic heterocycles. The van der Waals surface area contributed by atoms with Crippen LogP contribution >= 0.6 is 0 Å². The molecule has 0 heterocycles. The molecule has 0 fully saturated rings. The minimum absolute atomic E-state index is 0.00144. The third-order valence-electron chi connectivity index (χ3n) is 2.18. The fraction of sp³-hybridized carbons (Fsp3) is 0.462. The molecular weight excluding hydrogens is 202 g/mol. The van der Waals surface area contributed by atoms with Crippen LogP contribution < -0.4 is 5.32 Å². The molecule has 0 bridgehead atoms. The van der Waals surface area contributed by atoms with Gasteiger partial charge in [-0.15, -0.1) is 0 Å². The summed E-state index contributed by atoms with van der Waals surface area (Å²) >= 11 is 0. The van der Waals surface area contributed by atoms with Gasteiger partial charge < -0.3 is 10.1 Å². The van der Waals surface area contributed by atoms with Crippen LogP contribution in [0.5, 0.6) is 0 Å². The van der Waals surface area contributed by atoms with Gasteiger partial charge in [0.25, 0.3) is 0 Å². The molecule has 0 radical (unpaired) electrons. The molecular formula is C13H19NO2. The molecule has 3 heteroatoms. The lowest BCUT2D eigenvalue weighted by atomic mass is 10.1. The Balaban J connectivity index is 2.49. The van der Waals surface area contributed by atoms with E-state index in [-0.39, 0.29) is 5.91 Å². The summed E-state index contributed by atoms with van der Waals surface area (Å²) in [6.45, 7) is 7.08. The van der Waals surface area contributed by atoms with Crippen molar-refractivity contribution in [3.63, 3.8) is 0 Å². The average molecular weight is 221 g/mol. The van der Waals surface area contributed by atoms with Crippen molar-refractivity contribution < 1.29 is 9.53 Å². The van der Waals surface area contributed by atoms with Gasteiger partial charge in [0.2, 0.25) is 5.91 Å². The molecule has 0 unspecified atom stereocenters. The number of nitrogens with one attached hydrogen (secondary N) is 1. The molecule has 1 rings (SSSR count). The Kier molecular flexibility index (Phi) is 4.99. The van der Waals surface area contributed by atoms with E-state index in [1.54, 1.807) is 0 Å². The second kappa shape index (κ2) is 6.28. The zero-order valence-electron chi connectivity index (χ0n) is 10.2. The van der Waals surface area contributed by atoms with Crippen molar-refractivity contribution in [2.24, 2.45) is 0 Å². The number of hydrogen-bond donors (Lipinski definition) is 1. The van der Waals surface area contributed by atoms with Crippen LogP contribution in [0.25, 0.3) is 0 Å². The first-order valence-electron chi connectivity index (χ1n) is 5.57. The van der Waals surface area contributed by atoms with Gasteiger partial charge in [-0.25, -0.2) is 0 Å². The SMILES string of the molecule is CCOCCC(=O)Nc1cc(C)cc(C)c1. The number of rotatable bonds is 5. The van der Waals surface area contributed by atoms with Crippen molar-refractivity contribution in [2.45, 2.75) is 27.2 Å². The summed E-state index contributed by atoms with van der Waals surface area (Å²) in [5, 5.41) is 2.86. The van der Waals surface area contributed by atoms with Gasteiger partial charge in [-0.05, 0) is 44.0 Å². The lowest BCUT2D eigenvalue weighted by molar-refractivity contribution is -0.117. The van der Waals surface area contributed by atoms with Crippen LogP contribution in [-0.2, 0) is 9.53 Å². The number of anilines is 1. The van der Waals surface area contributed by atoms with E-state index in [2.05, 4.69) is 11.4 Å². The zero-order valence-corrected chi connectivity index (χ0v) is 10.2. The highest BCUT2D eigenvalue weighted by Gasteiger charge is 2.02. The molecule has 0 aliphatic rings. The van der Waals surface area contributed by atoms with Gasteiger partial charge in [-0.3, -0.25) is 4.79 Å². The van der Waals surface area contributed by atoms with Crippen LogP contribution in [0.15, 0.2) is 18.2 Å². The zero-order chi connectivity index (χ0) is 12.0. The number of aryl methyl sites for hydroxylation is 2. The maximum Gasteiger partial charge on any atom is 0.226 e. The first kappa shape index (κ1) is 12.7. The molecule has 1 amide bonds. The first-order chi connectivity index (χ1) is 7.61. The van der Waals surface area contributed by atoms with E-state index in [4.69, 9.17) is 4.74 Å². The fourth-order valence-electron chi connectivity index (χ4n) is 1.58. The number of hydrogen-bond acceptors (Lipinski definition) is 2. The van der Waals surface area contributed by atoms with Crippen LogP contribution in [0.1, 0.15) is 24.5 Å². The van der Waals surface area contributed by atoms with E-state index in [1.165, 1.54) is 0 Å².